The lowest BCUT2D eigenvalue weighted by Gasteiger charge is -2.36. The maximum atomic E-state index is 5.58. The van der Waals surface area contributed by atoms with Crippen LogP contribution in [0, 0.1) is 12.8 Å². The van der Waals surface area contributed by atoms with E-state index < -0.39 is 0 Å². The Hall–Kier alpha value is -0.860. The van der Waals surface area contributed by atoms with Crippen molar-refractivity contribution in [3.05, 3.63) is 35.4 Å². The number of ether oxygens (including phenoxy) is 1. The zero-order valence-electron chi connectivity index (χ0n) is 12.5. The van der Waals surface area contributed by atoms with Crippen LogP contribution in [0.25, 0.3) is 0 Å². The molecular weight excluding hydrogens is 234 g/mol. The van der Waals surface area contributed by atoms with Gasteiger partial charge in [-0.1, -0.05) is 43.7 Å². The SMILES string of the molecule is Cc1ccc(C2CC(NCCOCC(C)C)C2)cc1. The van der Waals surface area contributed by atoms with Crippen LogP contribution in [0.2, 0.25) is 0 Å². The van der Waals surface area contributed by atoms with E-state index in [2.05, 4.69) is 50.4 Å². The number of aryl methyl sites for hydroxylation is 1. The Morgan fingerprint density at radius 1 is 1.21 bits per heavy atom. The molecule has 2 rings (SSSR count). The second-order valence-corrected chi connectivity index (χ2v) is 6.20. The quantitative estimate of drug-likeness (QED) is 0.758. The molecule has 1 saturated carbocycles. The third-order valence-corrected chi connectivity index (χ3v) is 3.82. The molecule has 0 heterocycles. The predicted octanol–water partition coefficient (Wildman–Crippen LogP) is 3.50. The number of hydrogen-bond donors (Lipinski definition) is 1. The summed E-state index contributed by atoms with van der Waals surface area (Å²) < 4.78 is 5.58. The van der Waals surface area contributed by atoms with E-state index >= 15 is 0 Å². The molecule has 1 aromatic rings. The van der Waals surface area contributed by atoms with Gasteiger partial charge in [-0.05, 0) is 37.2 Å². The van der Waals surface area contributed by atoms with E-state index in [4.69, 9.17) is 4.74 Å². The molecule has 0 aromatic heterocycles. The number of benzene rings is 1. The first-order valence-corrected chi connectivity index (χ1v) is 7.53. The van der Waals surface area contributed by atoms with Crippen molar-refractivity contribution in [3.63, 3.8) is 0 Å². The van der Waals surface area contributed by atoms with E-state index in [0.717, 1.165) is 25.7 Å². The molecule has 0 atom stereocenters. The van der Waals surface area contributed by atoms with Crippen molar-refractivity contribution in [2.24, 2.45) is 5.92 Å². The number of hydrogen-bond acceptors (Lipinski definition) is 2. The van der Waals surface area contributed by atoms with E-state index in [-0.39, 0.29) is 0 Å². The highest BCUT2D eigenvalue weighted by Crippen LogP contribution is 2.36. The van der Waals surface area contributed by atoms with E-state index in [1.165, 1.54) is 24.0 Å². The summed E-state index contributed by atoms with van der Waals surface area (Å²) in [5.74, 6) is 1.39. The summed E-state index contributed by atoms with van der Waals surface area (Å²) in [6.07, 6.45) is 2.54. The van der Waals surface area contributed by atoms with Crippen LogP contribution in [0.4, 0.5) is 0 Å². The normalized spacial score (nSPS) is 22.5. The van der Waals surface area contributed by atoms with Crippen molar-refractivity contribution in [2.45, 2.75) is 45.6 Å². The van der Waals surface area contributed by atoms with Crippen molar-refractivity contribution in [2.75, 3.05) is 19.8 Å². The molecule has 106 valence electrons. The Kier molecular flexibility index (Phi) is 5.41. The van der Waals surface area contributed by atoms with Crippen LogP contribution in [-0.4, -0.2) is 25.8 Å². The lowest BCUT2D eigenvalue weighted by molar-refractivity contribution is 0.106. The first-order valence-electron chi connectivity index (χ1n) is 7.53. The van der Waals surface area contributed by atoms with Gasteiger partial charge in [-0.2, -0.15) is 0 Å². The molecule has 19 heavy (non-hydrogen) atoms. The molecule has 2 nitrogen and oxygen atoms in total. The van der Waals surface area contributed by atoms with Gasteiger partial charge in [0.1, 0.15) is 0 Å². The van der Waals surface area contributed by atoms with E-state index in [9.17, 15) is 0 Å². The third-order valence-electron chi connectivity index (χ3n) is 3.82. The van der Waals surface area contributed by atoms with Crippen LogP contribution < -0.4 is 5.32 Å². The fraction of sp³-hybridized carbons (Fsp3) is 0.647. The van der Waals surface area contributed by atoms with Gasteiger partial charge in [-0.3, -0.25) is 0 Å². The highest BCUT2D eigenvalue weighted by Gasteiger charge is 2.29. The molecule has 1 aliphatic rings. The summed E-state index contributed by atoms with van der Waals surface area (Å²) in [5.41, 5.74) is 2.85. The van der Waals surface area contributed by atoms with Gasteiger partial charge in [-0.15, -0.1) is 0 Å². The molecule has 0 spiro atoms. The van der Waals surface area contributed by atoms with Gasteiger partial charge in [-0.25, -0.2) is 0 Å². The summed E-state index contributed by atoms with van der Waals surface area (Å²) in [4.78, 5) is 0. The van der Waals surface area contributed by atoms with Gasteiger partial charge < -0.3 is 10.1 Å². The predicted molar refractivity (Wildman–Crippen MR) is 80.6 cm³/mol. The maximum absolute atomic E-state index is 5.58. The fourth-order valence-corrected chi connectivity index (χ4v) is 2.55. The third kappa shape index (κ3) is 4.63. The lowest BCUT2D eigenvalue weighted by Crippen LogP contribution is -2.41. The van der Waals surface area contributed by atoms with Crippen LogP contribution in [0.1, 0.15) is 43.7 Å². The Morgan fingerprint density at radius 3 is 2.53 bits per heavy atom. The smallest absolute Gasteiger partial charge is 0.0591 e. The van der Waals surface area contributed by atoms with Crippen LogP contribution in [0.3, 0.4) is 0 Å². The Bertz CT molecular complexity index is 365. The molecule has 1 aromatic carbocycles. The highest BCUT2D eigenvalue weighted by molar-refractivity contribution is 5.26. The molecular formula is C17H27NO. The minimum atomic E-state index is 0.634. The first kappa shape index (κ1) is 14.5. The van der Waals surface area contributed by atoms with Crippen molar-refractivity contribution < 1.29 is 4.74 Å². The van der Waals surface area contributed by atoms with E-state index in [1.807, 2.05) is 0 Å². The number of rotatable bonds is 7. The average molecular weight is 261 g/mol. The monoisotopic (exact) mass is 261 g/mol. The van der Waals surface area contributed by atoms with Crippen molar-refractivity contribution in [1.82, 2.24) is 5.32 Å². The summed E-state index contributed by atoms with van der Waals surface area (Å²) in [6.45, 7) is 9.21. The first-order chi connectivity index (χ1) is 9.15. The van der Waals surface area contributed by atoms with E-state index in [0.29, 0.717) is 12.0 Å². The average Bonchev–Trinajstić information content (AvgIpc) is 2.32. The Morgan fingerprint density at radius 2 is 1.89 bits per heavy atom. The molecule has 0 aliphatic heterocycles. The van der Waals surface area contributed by atoms with Crippen molar-refractivity contribution in [1.29, 1.82) is 0 Å². The molecule has 1 aliphatic carbocycles. The standard InChI is InChI=1S/C17H27NO/c1-13(2)12-19-9-8-18-17-10-16(11-17)15-6-4-14(3)5-7-15/h4-7,13,16-18H,8-12H2,1-3H3. The molecule has 0 unspecified atom stereocenters. The van der Waals surface area contributed by atoms with Gasteiger partial charge in [0.25, 0.3) is 0 Å². The minimum absolute atomic E-state index is 0.634. The highest BCUT2D eigenvalue weighted by atomic mass is 16.5. The van der Waals surface area contributed by atoms with Crippen LogP contribution in [0.5, 0.6) is 0 Å². The summed E-state index contributed by atoms with van der Waals surface area (Å²) in [7, 11) is 0. The van der Waals surface area contributed by atoms with Crippen LogP contribution >= 0.6 is 0 Å². The molecule has 0 bridgehead atoms. The fourth-order valence-electron chi connectivity index (χ4n) is 2.55. The maximum Gasteiger partial charge on any atom is 0.0591 e. The van der Waals surface area contributed by atoms with Crippen LogP contribution in [0.15, 0.2) is 24.3 Å². The van der Waals surface area contributed by atoms with Gasteiger partial charge in [0, 0.05) is 19.2 Å². The van der Waals surface area contributed by atoms with Gasteiger partial charge in [0.05, 0.1) is 6.61 Å². The summed E-state index contributed by atoms with van der Waals surface area (Å²) >= 11 is 0. The topological polar surface area (TPSA) is 21.3 Å². The second-order valence-electron chi connectivity index (χ2n) is 6.20. The Labute approximate surface area is 117 Å². The minimum Gasteiger partial charge on any atom is -0.380 e. The molecule has 0 amide bonds. The van der Waals surface area contributed by atoms with Gasteiger partial charge >= 0.3 is 0 Å². The van der Waals surface area contributed by atoms with Crippen molar-refractivity contribution in [3.8, 4) is 0 Å². The van der Waals surface area contributed by atoms with E-state index in [1.54, 1.807) is 0 Å². The largest absolute Gasteiger partial charge is 0.380 e. The number of nitrogens with one attached hydrogen (secondary N) is 1. The lowest BCUT2D eigenvalue weighted by atomic mass is 9.76. The second kappa shape index (κ2) is 7.06. The summed E-state index contributed by atoms with van der Waals surface area (Å²) in [5, 5.41) is 3.58. The molecule has 1 fully saturated rings. The van der Waals surface area contributed by atoms with Crippen LogP contribution in [-0.2, 0) is 4.74 Å². The Balaban J connectivity index is 1.57. The summed E-state index contributed by atoms with van der Waals surface area (Å²) in [6, 6.07) is 9.68. The molecule has 2 heteroatoms. The molecule has 0 saturated heterocycles. The zero-order chi connectivity index (χ0) is 13.7. The molecule has 1 N–H and O–H groups in total. The molecule has 0 radical (unpaired) electrons. The van der Waals surface area contributed by atoms with Crippen molar-refractivity contribution >= 4 is 0 Å². The zero-order valence-corrected chi connectivity index (χ0v) is 12.5. The van der Waals surface area contributed by atoms with Gasteiger partial charge in [0.15, 0.2) is 0 Å². The van der Waals surface area contributed by atoms with Gasteiger partial charge in [0.2, 0.25) is 0 Å².